The molecule has 21 heavy (non-hydrogen) atoms. The summed E-state index contributed by atoms with van der Waals surface area (Å²) < 4.78 is 12.1. The predicted molar refractivity (Wildman–Crippen MR) is 88.0 cm³/mol. The lowest BCUT2D eigenvalue weighted by Gasteiger charge is -2.32. The number of aliphatic imine (C=N–C) groups is 1. The molecule has 0 amide bonds. The van der Waals surface area contributed by atoms with E-state index in [0.717, 1.165) is 11.1 Å². The molecule has 2 rings (SSSR count). The highest BCUT2D eigenvalue weighted by Gasteiger charge is 2.53. The van der Waals surface area contributed by atoms with Gasteiger partial charge < -0.3 is 15.0 Å². The maximum Gasteiger partial charge on any atom is 0.514 e. The van der Waals surface area contributed by atoms with Crippen molar-refractivity contribution in [3.8, 4) is 0 Å². The lowest BCUT2D eigenvalue weighted by atomic mass is 9.75. The smallest absolute Gasteiger partial charge is 0.404 e. The van der Waals surface area contributed by atoms with Gasteiger partial charge in [0.25, 0.3) is 0 Å². The van der Waals surface area contributed by atoms with Gasteiger partial charge in [-0.3, -0.25) is 4.99 Å². The minimum Gasteiger partial charge on any atom is -0.404 e. The normalized spacial score (nSPS) is 21.7. The highest BCUT2D eigenvalue weighted by atomic mass is 16.7. The van der Waals surface area contributed by atoms with Crippen molar-refractivity contribution in [3.05, 3.63) is 42.1 Å². The fourth-order valence-corrected chi connectivity index (χ4v) is 2.25. The number of hydrogen-bond acceptors (Lipinski definition) is 4. The van der Waals surface area contributed by atoms with Crippen LogP contribution in [0.25, 0.3) is 5.57 Å². The molecule has 0 unspecified atom stereocenters. The van der Waals surface area contributed by atoms with Crippen LogP contribution in [0.5, 0.6) is 0 Å². The number of rotatable bonds is 3. The summed E-state index contributed by atoms with van der Waals surface area (Å²) in [6.07, 6.45) is 1.56. The fourth-order valence-electron chi connectivity index (χ4n) is 2.25. The molecule has 1 aliphatic rings. The Kier molecular flexibility index (Phi) is 4.26. The zero-order chi connectivity index (χ0) is 15.7. The van der Waals surface area contributed by atoms with E-state index in [-0.39, 0.29) is 0 Å². The quantitative estimate of drug-likeness (QED) is 0.686. The van der Waals surface area contributed by atoms with Gasteiger partial charge in [-0.2, -0.15) is 0 Å². The first-order valence-electron chi connectivity index (χ1n) is 7.12. The number of hydrogen-bond donors (Lipinski definition) is 1. The average Bonchev–Trinajstić information content (AvgIpc) is 2.65. The van der Waals surface area contributed by atoms with E-state index in [9.17, 15) is 0 Å². The molecule has 1 aromatic carbocycles. The minimum atomic E-state index is -0.519. The summed E-state index contributed by atoms with van der Waals surface area (Å²) in [6.45, 7) is 8.09. The molecule has 2 N–H and O–H groups in total. The Hall–Kier alpha value is -1.59. The summed E-state index contributed by atoms with van der Waals surface area (Å²) in [6, 6.07) is 9.89. The van der Waals surface area contributed by atoms with Gasteiger partial charge in [-0.25, -0.2) is 0 Å². The summed E-state index contributed by atoms with van der Waals surface area (Å²) in [7, 11) is 1.21. The number of nitrogens with two attached hydrogens (primary N) is 1. The van der Waals surface area contributed by atoms with Gasteiger partial charge in [0.1, 0.15) is 0 Å². The van der Waals surface area contributed by atoms with E-state index < -0.39 is 18.3 Å². The van der Waals surface area contributed by atoms with Crippen LogP contribution in [0.3, 0.4) is 0 Å². The Morgan fingerprint density at radius 1 is 1.10 bits per heavy atom. The van der Waals surface area contributed by atoms with E-state index in [1.54, 1.807) is 13.2 Å². The molecule has 1 aliphatic heterocycles. The molecule has 0 bridgehead atoms. The van der Waals surface area contributed by atoms with Crippen LogP contribution in [-0.2, 0) is 9.31 Å². The maximum absolute atomic E-state index is 6.07. The van der Waals surface area contributed by atoms with Crippen molar-refractivity contribution in [2.24, 2.45) is 10.7 Å². The molecule has 0 radical (unpaired) electrons. The molecule has 0 spiro atoms. The van der Waals surface area contributed by atoms with E-state index >= 15 is 0 Å². The van der Waals surface area contributed by atoms with Gasteiger partial charge in [-0.05, 0) is 33.3 Å². The van der Waals surface area contributed by atoms with Crippen molar-refractivity contribution in [1.29, 1.82) is 0 Å². The monoisotopic (exact) mass is 286 g/mol. The molecule has 5 heteroatoms. The second kappa shape index (κ2) is 5.66. The van der Waals surface area contributed by atoms with Crippen LogP contribution in [0.4, 0.5) is 0 Å². The Balaban J connectivity index is 2.34. The maximum atomic E-state index is 6.07. The van der Waals surface area contributed by atoms with Crippen molar-refractivity contribution < 1.29 is 9.31 Å². The third-order valence-corrected chi connectivity index (χ3v) is 4.24. The largest absolute Gasteiger partial charge is 0.514 e. The molecule has 1 heterocycles. The fraction of sp³-hybridized carbons (Fsp3) is 0.438. The molecule has 1 aromatic rings. The van der Waals surface area contributed by atoms with Crippen molar-refractivity contribution >= 4 is 18.3 Å². The zero-order valence-corrected chi connectivity index (χ0v) is 13.4. The molecule has 0 atom stereocenters. The second-order valence-corrected chi connectivity index (χ2v) is 6.14. The first kappa shape index (κ1) is 15.8. The summed E-state index contributed by atoms with van der Waals surface area (Å²) in [5.74, 6) is 0. The van der Waals surface area contributed by atoms with Crippen LogP contribution in [0, 0.1) is 0 Å². The van der Waals surface area contributed by atoms with E-state index in [0.29, 0.717) is 5.61 Å². The summed E-state index contributed by atoms with van der Waals surface area (Å²) >= 11 is 0. The second-order valence-electron chi connectivity index (χ2n) is 6.14. The lowest BCUT2D eigenvalue weighted by molar-refractivity contribution is 0.00578. The van der Waals surface area contributed by atoms with E-state index in [1.165, 1.54) is 0 Å². The van der Waals surface area contributed by atoms with Crippen LogP contribution >= 0.6 is 0 Å². The topological polar surface area (TPSA) is 56.8 Å². The standard InChI is InChI=1S/C16H23BN2O2/c1-15(2)16(3,4)21-17(20-15)14(19-5)13(11-18)12-9-7-6-8-10-12/h6-11H,18H2,1-5H3. The first-order valence-corrected chi connectivity index (χ1v) is 7.12. The Labute approximate surface area is 127 Å². The highest BCUT2D eigenvalue weighted by Crippen LogP contribution is 2.38. The van der Waals surface area contributed by atoms with Gasteiger partial charge in [-0.15, -0.1) is 0 Å². The number of nitrogens with zero attached hydrogens (tertiary/aromatic N) is 1. The lowest BCUT2D eigenvalue weighted by Crippen LogP contribution is -2.41. The molecule has 112 valence electrons. The third kappa shape index (κ3) is 2.89. The molecule has 0 saturated carbocycles. The minimum absolute atomic E-state index is 0.399. The van der Waals surface area contributed by atoms with Crippen molar-refractivity contribution in [1.82, 2.24) is 0 Å². The zero-order valence-electron chi connectivity index (χ0n) is 13.4. The molecular formula is C16H23BN2O2. The summed E-state index contributed by atoms with van der Waals surface area (Å²) in [5.41, 5.74) is 7.57. The van der Waals surface area contributed by atoms with Crippen LogP contribution in [0.1, 0.15) is 33.3 Å². The Morgan fingerprint density at radius 2 is 1.62 bits per heavy atom. The summed E-state index contributed by atoms with van der Waals surface area (Å²) in [5, 5.41) is 0. The van der Waals surface area contributed by atoms with E-state index in [1.807, 2.05) is 58.0 Å². The Bertz CT molecular complexity index is 549. The predicted octanol–water partition coefficient (Wildman–Crippen LogP) is 2.69. The summed E-state index contributed by atoms with van der Waals surface area (Å²) in [4.78, 5) is 4.37. The van der Waals surface area contributed by atoms with E-state index in [4.69, 9.17) is 15.0 Å². The molecule has 0 aliphatic carbocycles. The molecule has 1 saturated heterocycles. The van der Waals surface area contributed by atoms with Crippen LogP contribution < -0.4 is 5.73 Å². The molecule has 0 aromatic heterocycles. The highest BCUT2D eigenvalue weighted by molar-refractivity contribution is 6.90. The van der Waals surface area contributed by atoms with Gasteiger partial charge >= 0.3 is 7.12 Å². The van der Waals surface area contributed by atoms with Crippen molar-refractivity contribution in [3.63, 3.8) is 0 Å². The SMILES string of the molecule is CN=C(B1OC(C)(C)C(C)(C)O1)C(=CN)c1ccccc1. The molecule has 1 fully saturated rings. The van der Waals surface area contributed by atoms with Crippen LogP contribution in [0.2, 0.25) is 0 Å². The van der Waals surface area contributed by atoms with Gasteiger partial charge in [0.2, 0.25) is 0 Å². The van der Waals surface area contributed by atoms with Gasteiger partial charge in [0.05, 0.1) is 16.8 Å². The molecular weight excluding hydrogens is 263 g/mol. The van der Waals surface area contributed by atoms with Gasteiger partial charge in [0.15, 0.2) is 0 Å². The Morgan fingerprint density at radius 3 is 2.05 bits per heavy atom. The van der Waals surface area contributed by atoms with Crippen molar-refractivity contribution in [2.45, 2.75) is 38.9 Å². The van der Waals surface area contributed by atoms with Gasteiger partial charge in [0, 0.05) is 18.8 Å². The third-order valence-electron chi connectivity index (χ3n) is 4.24. The van der Waals surface area contributed by atoms with Crippen molar-refractivity contribution in [2.75, 3.05) is 7.05 Å². The van der Waals surface area contributed by atoms with Crippen LogP contribution in [-0.4, -0.2) is 31.0 Å². The van der Waals surface area contributed by atoms with E-state index in [2.05, 4.69) is 4.99 Å². The average molecular weight is 286 g/mol. The molecule has 4 nitrogen and oxygen atoms in total. The van der Waals surface area contributed by atoms with Gasteiger partial charge in [-0.1, -0.05) is 30.3 Å². The number of benzene rings is 1. The van der Waals surface area contributed by atoms with Crippen LogP contribution in [0.15, 0.2) is 41.5 Å². The number of allylic oxidation sites excluding steroid dienone is 1. The first-order chi connectivity index (χ1) is 9.82.